The summed E-state index contributed by atoms with van der Waals surface area (Å²) in [5, 5.41) is 11.5. The molecule has 20 heavy (non-hydrogen) atoms. The van der Waals surface area contributed by atoms with Crippen molar-refractivity contribution in [1.29, 1.82) is 0 Å². The van der Waals surface area contributed by atoms with Gasteiger partial charge in [-0.15, -0.1) is 0 Å². The van der Waals surface area contributed by atoms with Gasteiger partial charge in [-0.05, 0) is 25.3 Å². The first-order chi connectivity index (χ1) is 9.18. The smallest absolute Gasteiger partial charge is 0.213 e. The minimum atomic E-state index is -3.56. The highest BCUT2D eigenvalue weighted by atomic mass is 32.2. The summed E-state index contributed by atoms with van der Waals surface area (Å²) in [6.07, 6.45) is 0. The molecule has 0 fully saturated rings. The number of amidine groups is 1. The van der Waals surface area contributed by atoms with E-state index in [1.54, 1.807) is 0 Å². The number of nitrogens with two attached hydrogens (primary N) is 1. The Balaban J connectivity index is 2.81. The summed E-state index contributed by atoms with van der Waals surface area (Å²) >= 11 is 0. The normalized spacial score (nSPS) is 15.1. The first-order valence-corrected chi connectivity index (χ1v) is 7.88. The van der Waals surface area contributed by atoms with E-state index >= 15 is 0 Å². The Labute approximate surface area is 119 Å². The van der Waals surface area contributed by atoms with E-state index in [4.69, 9.17) is 10.9 Å². The molecule has 0 saturated heterocycles. The molecule has 0 amide bonds. The molecule has 112 valence electrons. The van der Waals surface area contributed by atoms with Crippen molar-refractivity contribution >= 4 is 15.9 Å². The van der Waals surface area contributed by atoms with Gasteiger partial charge in [0.05, 0.1) is 11.3 Å². The standard InChI is InChI=1S/C13H21N3O3S/c1-10(11-7-5-4-6-8-11)9-20(18,19)16-13(2,3)12(14)15-17/h4-8,10,16-17H,9H2,1-3H3,(H2,14,15). The SMILES string of the molecule is CC(CS(=O)(=O)NC(C)(C)/C(N)=N/O)c1ccccc1. The van der Waals surface area contributed by atoms with Gasteiger partial charge >= 0.3 is 0 Å². The van der Waals surface area contributed by atoms with Gasteiger partial charge in [0, 0.05) is 0 Å². The summed E-state index contributed by atoms with van der Waals surface area (Å²) in [5.74, 6) is -0.413. The fourth-order valence-corrected chi connectivity index (χ4v) is 3.63. The molecule has 0 aromatic heterocycles. The van der Waals surface area contributed by atoms with Crippen LogP contribution in [0.1, 0.15) is 32.3 Å². The Hall–Kier alpha value is -1.60. The predicted octanol–water partition coefficient (Wildman–Crippen LogP) is 1.23. The zero-order valence-corrected chi connectivity index (χ0v) is 12.7. The first kappa shape index (κ1) is 16.5. The Morgan fingerprint density at radius 1 is 1.40 bits per heavy atom. The van der Waals surface area contributed by atoms with Gasteiger partial charge < -0.3 is 10.9 Å². The molecule has 0 bridgehead atoms. The number of benzene rings is 1. The molecule has 1 unspecified atom stereocenters. The van der Waals surface area contributed by atoms with Crippen molar-refractivity contribution < 1.29 is 13.6 Å². The molecule has 1 aromatic rings. The molecule has 6 nitrogen and oxygen atoms in total. The topological polar surface area (TPSA) is 105 Å². The number of sulfonamides is 1. The Kier molecular flexibility index (Phi) is 5.13. The second-order valence-corrected chi connectivity index (χ2v) is 7.07. The third-order valence-corrected chi connectivity index (χ3v) is 4.76. The Morgan fingerprint density at radius 2 is 1.95 bits per heavy atom. The van der Waals surface area contributed by atoms with Gasteiger partial charge in [-0.2, -0.15) is 0 Å². The number of hydrogen-bond acceptors (Lipinski definition) is 4. The summed E-state index contributed by atoms with van der Waals surface area (Å²) in [4.78, 5) is 0. The first-order valence-electron chi connectivity index (χ1n) is 6.22. The number of oxime groups is 1. The van der Waals surface area contributed by atoms with Crippen LogP contribution >= 0.6 is 0 Å². The lowest BCUT2D eigenvalue weighted by Gasteiger charge is -2.25. The van der Waals surface area contributed by atoms with Gasteiger partial charge in [-0.25, -0.2) is 13.1 Å². The van der Waals surface area contributed by atoms with Crippen LogP contribution in [-0.4, -0.2) is 30.8 Å². The fourth-order valence-electron chi connectivity index (χ4n) is 1.81. The average Bonchev–Trinajstić information content (AvgIpc) is 2.36. The minimum Gasteiger partial charge on any atom is -0.409 e. The zero-order chi connectivity index (χ0) is 15.4. The molecular weight excluding hydrogens is 278 g/mol. The van der Waals surface area contributed by atoms with Crippen molar-refractivity contribution in [2.45, 2.75) is 32.2 Å². The summed E-state index contributed by atoms with van der Waals surface area (Å²) in [6, 6.07) is 9.38. The van der Waals surface area contributed by atoms with Crippen LogP contribution in [0.15, 0.2) is 35.5 Å². The molecule has 7 heteroatoms. The molecule has 4 N–H and O–H groups in total. The number of nitrogens with one attached hydrogen (secondary N) is 1. The highest BCUT2D eigenvalue weighted by molar-refractivity contribution is 7.89. The van der Waals surface area contributed by atoms with Gasteiger partial charge in [0.1, 0.15) is 0 Å². The maximum Gasteiger partial charge on any atom is 0.213 e. The minimum absolute atomic E-state index is 0.0703. The average molecular weight is 299 g/mol. The second kappa shape index (κ2) is 6.23. The molecule has 0 saturated carbocycles. The van der Waals surface area contributed by atoms with E-state index < -0.39 is 15.6 Å². The molecule has 1 atom stereocenters. The quantitative estimate of drug-likeness (QED) is 0.318. The highest BCUT2D eigenvalue weighted by Gasteiger charge is 2.30. The van der Waals surface area contributed by atoms with Crippen LogP contribution in [0.3, 0.4) is 0 Å². The van der Waals surface area contributed by atoms with Crippen LogP contribution < -0.4 is 10.5 Å². The molecule has 0 radical (unpaired) electrons. The van der Waals surface area contributed by atoms with Crippen molar-refractivity contribution in [3.8, 4) is 0 Å². The Morgan fingerprint density at radius 3 is 2.45 bits per heavy atom. The maximum atomic E-state index is 12.1. The van der Waals surface area contributed by atoms with E-state index in [0.29, 0.717) is 0 Å². The van der Waals surface area contributed by atoms with Crippen LogP contribution in [0.4, 0.5) is 0 Å². The predicted molar refractivity (Wildman–Crippen MR) is 79.3 cm³/mol. The van der Waals surface area contributed by atoms with E-state index in [2.05, 4.69) is 9.88 Å². The molecule has 0 aliphatic carbocycles. The van der Waals surface area contributed by atoms with Crippen molar-refractivity contribution in [2.75, 3.05) is 5.75 Å². The molecule has 1 rings (SSSR count). The fraction of sp³-hybridized carbons (Fsp3) is 0.462. The largest absolute Gasteiger partial charge is 0.409 e. The molecule has 1 aromatic carbocycles. The lowest BCUT2D eigenvalue weighted by atomic mass is 10.0. The van der Waals surface area contributed by atoms with Crippen molar-refractivity contribution in [2.24, 2.45) is 10.9 Å². The third-order valence-electron chi connectivity index (χ3n) is 3.00. The summed E-state index contributed by atoms with van der Waals surface area (Å²) in [5.41, 5.74) is 5.28. The summed E-state index contributed by atoms with van der Waals surface area (Å²) in [6.45, 7) is 4.91. The number of hydrogen-bond donors (Lipinski definition) is 3. The third kappa shape index (κ3) is 4.50. The van der Waals surface area contributed by atoms with Gasteiger partial charge in [-0.3, -0.25) is 0 Å². The monoisotopic (exact) mass is 299 g/mol. The lowest BCUT2D eigenvalue weighted by Crippen LogP contribution is -2.53. The second-order valence-electron chi connectivity index (χ2n) is 5.31. The molecule has 0 spiro atoms. The van der Waals surface area contributed by atoms with Crippen LogP contribution in [0, 0.1) is 0 Å². The van der Waals surface area contributed by atoms with Crippen molar-refractivity contribution in [1.82, 2.24) is 4.72 Å². The van der Waals surface area contributed by atoms with E-state index in [1.165, 1.54) is 13.8 Å². The number of nitrogens with zero attached hydrogens (tertiary/aromatic N) is 1. The summed E-state index contributed by atoms with van der Waals surface area (Å²) < 4.78 is 26.7. The van der Waals surface area contributed by atoms with Crippen molar-refractivity contribution in [3.05, 3.63) is 35.9 Å². The van der Waals surface area contributed by atoms with Crippen molar-refractivity contribution in [3.63, 3.8) is 0 Å². The highest BCUT2D eigenvalue weighted by Crippen LogP contribution is 2.17. The van der Waals surface area contributed by atoms with Crippen LogP contribution in [0.5, 0.6) is 0 Å². The molecule has 0 aliphatic rings. The van der Waals surface area contributed by atoms with Crippen LogP contribution in [0.2, 0.25) is 0 Å². The molecular formula is C13H21N3O3S. The molecule has 0 heterocycles. The van der Waals surface area contributed by atoms with Crippen LogP contribution in [0.25, 0.3) is 0 Å². The zero-order valence-electron chi connectivity index (χ0n) is 11.9. The van der Waals surface area contributed by atoms with E-state index in [9.17, 15) is 8.42 Å². The summed E-state index contributed by atoms with van der Waals surface area (Å²) in [7, 11) is -3.56. The van der Waals surface area contributed by atoms with Gasteiger partial charge in [0.15, 0.2) is 5.84 Å². The van der Waals surface area contributed by atoms with Crippen LogP contribution in [-0.2, 0) is 10.0 Å². The van der Waals surface area contributed by atoms with Gasteiger partial charge in [0.25, 0.3) is 0 Å². The lowest BCUT2D eigenvalue weighted by molar-refractivity contribution is 0.312. The molecule has 0 aliphatic heterocycles. The maximum absolute atomic E-state index is 12.1. The number of rotatable bonds is 6. The van der Waals surface area contributed by atoms with E-state index in [-0.39, 0.29) is 17.5 Å². The van der Waals surface area contributed by atoms with E-state index in [0.717, 1.165) is 5.56 Å². The van der Waals surface area contributed by atoms with Gasteiger partial charge in [0.2, 0.25) is 10.0 Å². The Bertz CT molecular complexity index is 568. The van der Waals surface area contributed by atoms with E-state index in [1.807, 2.05) is 37.3 Å². The van der Waals surface area contributed by atoms with Gasteiger partial charge in [-0.1, -0.05) is 42.4 Å².